The molecule has 0 saturated carbocycles. The average Bonchev–Trinajstić information content (AvgIpc) is 2.96. The first-order chi connectivity index (χ1) is 12.1. The maximum absolute atomic E-state index is 13.8. The Kier molecular flexibility index (Phi) is 5.78. The van der Waals surface area contributed by atoms with Crippen LogP contribution in [0.5, 0.6) is 0 Å². The van der Waals surface area contributed by atoms with E-state index in [0.29, 0.717) is 24.1 Å². The molecule has 3 rings (SSSR count). The van der Waals surface area contributed by atoms with E-state index >= 15 is 0 Å². The lowest BCUT2D eigenvalue weighted by Gasteiger charge is -2.29. The quantitative estimate of drug-likeness (QED) is 0.875. The number of hydrogen-bond acceptors (Lipinski definition) is 4. The number of rotatable bonds is 6. The van der Waals surface area contributed by atoms with Crippen LogP contribution in [-0.4, -0.2) is 53.6 Å². The van der Waals surface area contributed by atoms with Crippen molar-refractivity contribution in [1.82, 2.24) is 14.8 Å². The third-order valence-electron chi connectivity index (χ3n) is 5.09. The topological polar surface area (TPSA) is 39.6 Å². The number of aliphatic hydroxyl groups excluding tert-OH is 1. The van der Waals surface area contributed by atoms with Crippen LogP contribution < -0.4 is 0 Å². The monoisotopic (exact) mass is 343 g/mol. The van der Waals surface area contributed by atoms with Crippen LogP contribution in [0.25, 0.3) is 0 Å². The van der Waals surface area contributed by atoms with Crippen LogP contribution in [0.3, 0.4) is 0 Å². The molecule has 134 valence electrons. The molecule has 0 aliphatic carbocycles. The summed E-state index contributed by atoms with van der Waals surface area (Å²) in [7, 11) is 4.13. The molecule has 1 N–H and O–H groups in total. The van der Waals surface area contributed by atoms with Gasteiger partial charge in [-0.3, -0.25) is 9.88 Å². The number of aromatic nitrogens is 1. The average molecular weight is 343 g/mol. The summed E-state index contributed by atoms with van der Waals surface area (Å²) in [5, 5.41) is 10.4. The summed E-state index contributed by atoms with van der Waals surface area (Å²) >= 11 is 0. The fraction of sp³-hybridized carbons (Fsp3) is 0.450. The zero-order valence-electron chi connectivity index (χ0n) is 14.8. The molecule has 1 fully saturated rings. The zero-order valence-corrected chi connectivity index (χ0v) is 14.8. The van der Waals surface area contributed by atoms with Gasteiger partial charge in [-0.15, -0.1) is 0 Å². The minimum atomic E-state index is -0.817. The summed E-state index contributed by atoms with van der Waals surface area (Å²) in [4.78, 5) is 8.72. The maximum Gasteiger partial charge on any atom is 0.129 e. The van der Waals surface area contributed by atoms with E-state index in [2.05, 4.69) is 27.9 Å². The van der Waals surface area contributed by atoms with Crippen molar-refractivity contribution in [2.45, 2.75) is 18.6 Å². The van der Waals surface area contributed by atoms with Crippen molar-refractivity contribution in [3.8, 4) is 0 Å². The molecule has 2 heterocycles. The van der Waals surface area contributed by atoms with Crippen LogP contribution in [0, 0.1) is 11.7 Å². The van der Waals surface area contributed by atoms with Crippen LogP contribution in [-0.2, 0) is 0 Å². The fourth-order valence-corrected chi connectivity index (χ4v) is 3.91. The van der Waals surface area contributed by atoms with Crippen molar-refractivity contribution in [2.24, 2.45) is 5.92 Å². The Hall–Kier alpha value is -1.82. The van der Waals surface area contributed by atoms with Gasteiger partial charge in [0.05, 0.1) is 6.10 Å². The van der Waals surface area contributed by atoms with Gasteiger partial charge in [-0.2, -0.15) is 0 Å². The Bertz CT molecular complexity index is 682. The number of halogens is 1. The second kappa shape index (κ2) is 8.04. The molecule has 2 aromatic rings. The van der Waals surface area contributed by atoms with E-state index in [1.807, 2.05) is 19.3 Å². The second-order valence-corrected chi connectivity index (χ2v) is 7.02. The van der Waals surface area contributed by atoms with Gasteiger partial charge in [0.1, 0.15) is 5.82 Å². The summed E-state index contributed by atoms with van der Waals surface area (Å²) in [5.74, 6) is 0.115. The van der Waals surface area contributed by atoms with E-state index in [4.69, 9.17) is 0 Å². The molecule has 25 heavy (non-hydrogen) atoms. The SMILES string of the molecule is CN(C[C@@H]1CCN(C)[C@H]1c1cccnc1)C[C@@H](O)c1ccccc1F. The van der Waals surface area contributed by atoms with Gasteiger partial charge >= 0.3 is 0 Å². The number of hydrogen-bond donors (Lipinski definition) is 1. The number of benzene rings is 1. The van der Waals surface area contributed by atoms with Gasteiger partial charge in [-0.1, -0.05) is 24.3 Å². The first-order valence-electron chi connectivity index (χ1n) is 8.77. The molecule has 5 heteroatoms. The smallest absolute Gasteiger partial charge is 0.129 e. The van der Waals surface area contributed by atoms with Gasteiger partial charge in [0.15, 0.2) is 0 Å². The van der Waals surface area contributed by atoms with Crippen LogP contribution in [0.1, 0.15) is 29.7 Å². The number of likely N-dealkylation sites (N-methyl/N-ethyl adjacent to an activating group) is 1. The van der Waals surface area contributed by atoms with Crippen molar-refractivity contribution in [2.75, 3.05) is 33.7 Å². The predicted octanol–water partition coefficient (Wildman–Crippen LogP) is 2.88. The molecule has 1 saturated heterocycles. The van der Waals surface area contributed by atoms with Crippen molar-refractivity contribution < 1.29 is 9.50 Å². The molecule has 0 spiro atoms. The summed E-state index contributed by atoms with van der Waals surface area (Å²) in [6.07, 6.45) is 4.02. The molecule has 1 aromatic heterocycles. The Morgan fingerprint density at radius 2 is 2.12 bits per heavy atom. The van der Waals surface area contributed by atoms with Crippen molar-refractivity contribution in [3.05, 3.63) is 65.7 Å². The Morgan fingerprint density at radius 1 is 1.32 bits per heavy atom. The van der Waals surface area contributed by atoms with Gasteiger partial charge < -0.3 is 10.0 Å². The maximum atomic E-state index is 13.8. The van der Waals surface area contributed by atoms with Crippen LogP contribution in [0.4, 0.5) is 4.39 Å². The summed E-state index contributed by atoms with van der Waals surface area (Å²) in [5.41, 5.74) is 1.59. The van der Waals surface area contributed by atoms with Crippen molar-refractivity contribution in [1.29, 1.82) is 0 Å². The lowest BCUT2D eigenvalue weighted by Crippen LogP contribution is -2.33. The third kappa shape index (κ3) is 4.24. The highest BCUT2D eigenvalue weighted by Gasteiger charge is 2.34. The second-order valence-electron chi connectivity index (χ2n) is 7.02. The molecule has 0 radical (unpaired) electrons. The summed E-state index contributed by atoms with van der Waals surface area (Å²) in [6, 6.07) is 10.9. The Labute approximate surface area is 148 Å². The molecular formula is C20H26FN3O. The van der Waals surface area contributed by atoms with E-state index in [1.165, 1.54) is 11.6 Å². The molecular weight excluding hydrogens is 317 g/mol. The number of pyridine rings is 1. The van der Waals surface area contributed by atoms with E-state index in [-0.39, 0.29) is 5.82 Å². The Morgan fingerprint density at radius 3 is 2.84 bits per heavy atom. The first-order valence-corrected chi connectivity index (χ1v) is 8.77. The first kappa shape index (κ1) is 18.0. The van der Waals surface area contributed by atoms with Gasteiger partial charge in [-0.25, -0.2) is 4.39 Å². The molecule has 1 aromatic carbocycles. The largest absolute Gasteiger partial charge is 0.387 e. The third-order valence-corrected chi connectivity index (χ3v) is 5.09. The minimum absolute atomic E-state index is 0.335. The van der Waals surface area contributed by atoms with Gasteiger partial charge in [0.2, 0.25) is 0 Å². The number of aliphatic hydroxyl groups is 1. The van der Waals surface area contributed by atoms with E-state index < -0.39 is 6.10 Å². The summed E-state index contributed by atoms with van der Waals surface area (Å²) in [6.45, 7) is 2.32. The van der Waals surface area contributed by atoms with Crippen LogP contribution in [0.15, 0.2) is 48.8 Å². The highest BCUT2D eigenvalue weighted by Crippen LogP contribution is 2.36. The number of likely N-dealkylation sites (tertiary alicyclic amines) is 1. The standard InChI is InChI=1S/C20H26FN3O/c1-23(14-19(25)17-7-3-4-8-18(17)21)13-16-9-11-24(2)20(16)15-6-5-10-22-12-15/h3-8,10,12,16,19-20,25H,9,11,13-14H2,1-2H3/t16-,19+,20-/m0/s1. The van der Waals surface area contributed by atoms with Crippen molar-refractivity contribution in [3.63, 3.8) is 0 Å². The van der Waals surface area contributed by atoms with Gasteiger partial charge in [0, 0.05) is 37.1 Å². The highest BCUT2D eigenvalue weighted by atomic mass is 19.1. The lowest BCUT2D eigenvalue weighted by molar-refractivity contribution is 0.110. The Balaban J connectivity index is 1.64. The van der Waals surface area contributed by atoms with Gasteiger partial charge in [-0.05, 0) is 50.7 Å². The lowest BCUT2D eigenvalue weighted by atomic mass is 9.94. The molecule has 0 amide bonds. The summed E-state index contributed by atoms with van der Waals surface area (Å²) < 4.78 is 13.8. The molecule has 4 nitrogen and oxygen atoms in total. The normalized spacial score (nSPS) is 22.4. The molecule has 0 bridgehead atoms. The molecule has 0 unspecified atom stereocenters. The van der Waals surface area contributed by atoms with E-state index in [9.17, 15) is 9.50 Å². The molecule has 1 aliphatic heterocycles. The predicted molar refractivity (Wildman–Crippen MR) is 96.6 cm³/mol. The van der Waals surface area contributed by atoms with Crippen LogP contribution >= 0.6 is 0 Å². The minimum Gasteiger partial charge on any atom is -0.387 e. The van der Waals surface area contributed by atoms with E-state index in [0.717, 1.165) is 19.5 Å². The van der Waals surface area contributed by atoms with Gasteiger partial charge in [0.25, 0.3) is 0 Å². The fourth-order valence-electron chi connectivity index (χ4n) is 3.91. The van der Waals surface area contributed by atoms with Crippen molar-refractivity contribution >= 4 is 0 Å². The molecule has 3 atom stereocenters. The molecule has 1 aliphatic rings. The highest BCUT2D eigenvalue weighted by molar-refractivity contribution is 5.20. The number of nitrogens with zero attached hydrogens (tertiary/aromatic N) is 3. The zero-order chi connectivity index (χ0) is 17.8. The van der Waals surface area contributed by atoms with E-state index in [1.54, 1.807) is 24.4 Å². The van der Waals surface area contributed by atoms with Crippen LogP contribution in [0.2, 0.25) is 0 Å².